The summed E-state index contributed by atoms with van der Waals surface area (Å²) in [6, 6.07) is 3.13. The second kappa shape index (κ2) is 6.99. The minimum Gasteiger partial charge on any atom is -0.495 e. The van der Waals surface area contributed by atoms with Gasteiger partial charge in [-0.05, 0) is 37.5 Å². The lowest BCUT2D eigenvalue weighted by molar-refractivity contribution is 0.401. The summed E-state index contributed by atoms with van der Waals surface area (Å²) >= 11 is 6.07. The van der Waals surface area contributed by atoms with Gasteiger partial charge in [0.2, 0.25) is 10.0 Å². The monoisotopic (exact) mass is 331 g/mol. The van der Waals surface area contributed by atoms with E-state index in [2.05, 4.69) is 4.72 Å². The van der Waals surface area contributed by atoms with Gasteiger partial charge in [0.15, 0.2) is 0 Å². The molecular weight excluding hydrogens is 310 g/mol. The fraction of sp³-hybridized carbons (Fsp3) is 0.600. The molecule has 0 spiro atoms. The summed E-state index contributed by atoms with van der Waals surface area (Å²) in [7, 11) is -2.15. The van der Waals surface area contributed by atoms with Crippen molar-refractivity contribution in [3.63, 3.8) is 0 Å². The molecule has 1 saturated carbocycles. The van der Waals surface area contributed by atoms with E-state index in [0.29, 0.717) is 10.8 Å². The molecule has 21 heavy (non-hydrogen) atoms. The first-order valence-corrected chi connectivity index (χ1v) is 9.16. The van der Waals surface area contributed by atoms with Crippen molar-refractivity contribution < 1.29 is 13.2 Å². The predicted octanol–water partition coefficient (Wildman–Crippen LogP) is 3.66. The Morgan fingerprint density at radius 1 is 1.19 bits per heavy atom. The summed E-state index contributed by atoms with van der Waals surface area (Å²) in [6.45, 7) is 1.82. The van der Waals surface area contributed by atoms with E-state index in [1.165, 1.54) is 26.0 Å². The molecule has 1 fully saturated rings. The van der Waals surface area contributed by atoms with Gasteiger partial charge in [-0.3, -0.25) is 0 Å². The maximum absolute atomic E-state index is 12.6. The van der Waals surface area contributed by atoms with Crippen LogP contribution >= 0.6 is 11.6 Å². The predicted molar refractivity (Wildman–Crippen MR) is 84.6 cm³/mol. The fourth-order valence-corrected chi connectivity index (χ4v) is 4.40. The number of sulfonamides is 1. The number of hydrogen-bond donors (Lipinski definition) is 1. The topological polar surface area (TPSA) is 55.4 Å². The molecule has 4 nitrogen and oxygen atoms in total. The Morgan fingerprint density at radius 3 is 2.38 bits per heavy atom. The molecule has 1 N–H and O–H groups in total. The number of rotatable bonds is 4. The van der Waals surface area contributed by atoms with Gasteiger partial charge in [0, 0.05) is 11.1 Å². The standard InChI is InChI=1S/C15H22ClNO3S/c1-11-9-14(20-2)15(10-13(11)16)21(18,19)17-12-7-5-3-4-6-8-12/h9-10,12,17H,3-8H2,1-2H3. The minimum atomic E-state index is -3.62. The highest BCUT2D eigenvalue weighted by molar-refractivity contribution is 7.89. The number of ether oxygens (including phenoxy) is 1. The van der Waals surface area contributed by atoms with Crippen molar-refractivity contribution in [2.45, 2.75) is 56.4 Å². The third kappa shape index (κ3) is 4.11. The molecule has 2 rings (SSSR count). The van der Waals surface area contributed by atoms with Crippen LogP contribution in [0.3, 0.4) is 0 Å². The van der Waals surface area contributed by atoms with Crippen molar-refractivity contribution in [1.82, 2.24) is 4.72 Å². The lowest BCUT2D eigenvalue weighted by atomic mass is 10.1. The molecule has 118 valence electrons. The van der Waals surface area contributed by atoms with Gasteiger partial charge < -0.3 is 4.74 Å². The zero-order valence-corrected chi connectivity index (χ0v) is 14.1. The van der Waals surface area contributed by atoms with Crippen LogP contribution in [-0.4, -0.2) is 21.6 Å². The quantitative estimate of drug-likeness (QED) is 0.857. The average molecular weight is 332 g/mol. The minimum absolute atomic E-state index is 0.00212. The summed E-state index contributed by atoms with van der Waals surface area (Å²) < 4.78 is 33.2. The maximum Gasteiger partial charge on any atom is 0.244 e. The first-order valence-electron chi connectivity index (χ1n) is 7.30. The van der Waals surface area contributed by atoms with Crippen molar-refractivity contribution in [3.05, 3.63) is 22.7 Å². The van der Waals surface area contributed by atoms with Crippen LogP contribution in [0, 0.1) is 6.92 Å². The summed E-state index contributed by atoms with van der Waals surface area (Å²) in [5, 5.41) is 0.428. The number of aryl methyl sites for hydroxylation is 1. The lowest BCUT2D eigenvalue weighted by Gasteiger charge is -2.18. The van der Waals surface area contributed by atoms with Gasteiger partial charge in [0.05, 0.1) is 7.11 Å². The van der Waals surface area contributed by atoms with E-state index in [4.69, 9.17) is 16.3 Å². The second-order valence-electron chi connectivity index (χ2n) is 5.56. The summed E-state index contributed by atoms with van der Waals surface area (Å²) in [6.07, 6.45) is 6.27. The van der Waals surface area contributed by atoms with Crippen LogP contribution in [0.25, 0.3) is 0 Å². The van der Waals surface area contributed by atoms with Crippen LogP contribution in [0.1, 0.15) is 44.1 Å². The molecule has 1 aromatic carbocycles. The summed E-state index contributed by atoms with van der Waals surface area (Å²) in [5.41, 5.74) is 0.793. The highest BCUT2D eigenvalue weighted by Crippen LogP contribution is 2.30. The van der Waals surface area contributed by atoms with E-state index >= 15 is 0 Å². The zero-order valence-electron chi connectivity index (χ0n) is 12.5. The lowest BCUT2D eigenvalue weighted by Crippen LogP contribution is -2.34. The first-order chi connectivity index (χ1) is 9.94. The molecule has 1 aromatic rings. The van der Waals surface area contributed by atoms with Crippen LogP contribution in [0.2, 0.25) is 5.02 Å². The Kier molecular flexibility index (Phi) is 5.52. The number of halogens is 1. The van der Waals surface area contributed by atoms with Crippen LogP contribution in [0.5, 0.6) is 5.75 Å². The van der Waals surface area contributed by atoms with Gasteiger partial charge in [-0.1, -0.05) is 37.3 Å². The van der Waals surface area contributed by atoms with Crippen molar-refractivity contribution in [3.8, 4) is 5.75 Å². The molecular formula is C15H22ClNO3S. The van der Waals surface area contributed by atoms with Gasteiger partial charge in [0.1, 0.15) is 10.6 Å². The van der Waals surface area contributed by atoms with E-state index < -0.39 is 10.0 Å². The Labute approximate surface area is 131 Å². The van der Waals surface area contributed by atoms with Crippen molar-refractivity contribution in [2.24, 2.45) is 0 Å². The Balaban J connectivity index is 2.28. The number of nitrogens with one attached hydrogen (secondary N) is 1. The molecule has 0 radical (unpaired) electrons. The van der Waals surface area contributed by atoms with Gasteiger partial charge in [-0.15, -0.1) is 0 Å². The molecule has 0 heterocycles. The fourth-order valence-electron chi connectivity index (χ4n) is 2.69. The van der Waals surface area contributed by atoms with Gasteiger partial charge >= 0.3 is 0 Å². The SMILES string of the molecule is COc1cc(C)c(Cl)cc1S(=O)(=O)NC1CCCCCC1. The molecule has 0 aromatic heterocycles. The van der Waals surface area contributed by atoms with E-state index in [1.54, 1.807) is 6.07 Å². The van der Waals surface area contributed by atoms with Gasteiger partial charge in [-0.2, -0.15) is 0 Å². The van der Waals surface area contributed by atoms with E-state index in [-0.39, 0.29) is 10.9 Å². The highest BCUT2D eigenvalue weighted by Gasteiger charge is 2.25. The molecule has 0 saturated heterocycles. The van der Waals surface area contributed by atoms with E-state index in [0.717, 1.165) is 31.2 Å². The highest BCUT2D eigenvalue weighted by atomic mass is 35.5. The Morgan fingerprint density at radius 2 is 1.81 bits per heavy atom. The number of methoxy groups -OCH3 is 1. The first kappa shape index (κ1) is 16.6. The van der Waals surface area contributed by atoms with Crippen LogP contribution in [0.4, 0.5) is 0 Å². The zero-order chi connectivity index (χ0) is 15.5. The average Bonchev–Trinajstić information content (AvgIpc) is 2.69. The number of benzene rings is 1. The van der Waals surface area contributed by atoms with E-state index in [9.17, 15) is 8.42 Å². The number of hydrogen-bond acceptors (Lipinski definition) is 3. The normalized spacial score (nSPS) is 17.5. The van der Waals surface area contributed by atoms with Crippen molar-refractivity contribution in [1.29, 1.82) is 0 Å². The van der Waals surface area contributed by atoms with Gasteiger partial charge in [0.25, 0.3) is 0 Å². The molecule has 0 unspecified atom stereocenters. The van der Waals surface area contributed by atoms with Crippen LogP contribution in [-0.2, 0) is 10.0 Å². The second-order valence-corrected chi connectivity index (χ2v) is 7.65. The molecule has 1 aliphatic rings. The summed E-state index contributed by atoms with van der Waals surface area (Å²) in [4.78, 5) is 0.116. The molecule has 0 amide bonds. The van der Waals surface area contributed by atoms with Crippen LogP contribution in [0.15, 0.2) is 17.0 Å². The molecule has 0 aliphatic heterocycles. The molecule has 1 aliphatic carbocycles. The van der Waals surface area contributed by atoms with Crippen molar-refractivity contribution in [2.75, 3.05) is 7.11 Å². The Hall–Kier alpha value is -0.780. The third-order valence-corrected chi connectivity index (χ3v) is 5.86. The van der Waals surface area contributed by atoms with Crippen molar-refractivity contribution >= 4 is 21.6 Å². The third-order valence-electron chi connectivity index (χ3n) is 3.91. The largest absolute Gasteiger partial charge is 0.495 e. The molecule has 0 atom stereocenters. The smallest absolute Gasteiger partial charge is 0.244 e. The molecule has 6 heteroatoms. The summed E-state index contributed by atoms with van der Waals surface area (Å²) in [5.74, 6) is 0.332. The Bertz CT molecular complexity index is 593. The maximum atomic E-state index is 12.6. The van der Waals surface area contributed by atoms with E-state index in [1.807, 2.05) is 6.92 Å². The van der Waals surface area contributed by atoms with Crippen LogP contribution < -0.4 is 9.46 Å². The molecule has 0 bridgehead atoms. The van der Waals surface area contributed by atoms with Gasteiger partial charge in [-0.25, -0.2) is 13.1 Å².